The second-order valence-corrected chi connectivity index (χ2v) is 2.12. The summed E-state index contributed by atoms with van der Waals surface area (Å²) in [6, 6.07) is 3.76. The van der Waals surface area contributed by atoms with E-state index in [-0.39, 0.29) is 51.4 Å². The normalized spacial score (nSPS) is 8.54. The van der Waals surface area contributed by atoms with Crippen molar-refractivity contribution in [3.05, 3.63) is 24.2 Å². The maximum atomic E-state index is 4.14. The van der Waals surface area contributed by atoms with Gasteiger partial charge in [0.25, 0.3) is 0 Å². The number of hydrogen-bond donors (Lipinski definition) is 0. The second-order valence-electron chi connectivity index (χ2n) is 2.12. The third-order valence-electron chi connectivity index (χ3n) is 1.32. The van der Waals surface area contributed by atoms with Crippen LogP contribution in [-0.2, 0) is 0 Å². The van der Waals surface area contributed by atoms with E-state index in [0.29, 0.717) is 0 Å². The molecule has 2 rings (SSSR count). The Kier molecular flexibility index (Phi) is 6.80. The summed E-state index contributed by atoms with van der Waals surface area (Å²) in [6.45, 7) is 5.86. The van der Waals surface area contributed by atoms with Crippen molar-refractivity contribution in [2.75, 3.05) is 0 Å². The first-order valence-electron chi connectivity index (χ1n) is 4.08. The Hall–Kier alpha value is 0.256. The van der Waals surface area contributed by atoms with Crippen LogP contribution in [-0.4, -0.2) is 9.97 Å². The quantitative estimate of drug-likeness (QED) is 0.509. The van der Waals surface area contributed by atoms with Crippen LogP contribution >= 0.6 is 0 Å². The second kappa shape index (κ2) is 6.67. The fourth-order valence-electron chi connectivity index (χ4n) is 0.914. The molecule has 0 saturated heterocycles. The number of imidazole rings is 1. The minimum Gasteiger partial charge on any atom is -0.439 e. The summed E-state index contributed by atoms with van der Waals surface area (Å²) < 4.78 is 0. The summed E-state index contributed by atoms with van der Waals surface area (Å²) >= 11 is 0. The van der Waals surface area contributed by atoms with Crippen LogP contribution in [0.1, 0.15) is 19.7 Å². The van der Waals surface area contributed by atoms with E-state index < -0.39 is 0 Å². The van der Waals surface area contributed by atoms with Crippen molar-refractivity contribution >= 4 is 11.2 Å². The maximum absolute atomic E-state index is 4.14. The number of fused-ring (bicyclic) bond motifs is 1. The molecule has 0 unspecified atom stereocenters. The molecule has 0 N–H and O–H groups in total. The molecule has 0 fully saturated rings. The molecule has 2 aromatic rings. The van der Waals surface area contributed by atoms with E-state index in [9.17, 15) is 0 Å². The molecule has 0 aliphatic rings. The number of nitrogens with zero attached hydrogens (tertiary/aromatic N) is 3. The number of rotatable bonds is 0. The van der Waals surface area contributed by atoms with E-state index in [1.54, 1.807) is 6.20 Å². The van der Waals surface area contributed by atoms with Gasteiger partial charge in [-0.3, -0.25) is 4.98 Å². The molecule has 0 bridgehead atoms. The van der Waals surface area contributed by atoms with E-state index in [0.717, 1.165) is 17.0 Å². The van der Waals surface area contributed by atoms with Gasteiger partial charge in [0.2, 0.25) is 0 Å². The first kappa shape index (κ1) is 13.3. The summed E-state index contributed by atoms with van der Waals surface area (Å²) in [7, 11) is 0. The zero-order valence-corrected chi connectivity index (χ0v) is 11.7. The average molecular weight is 201 g/mol. The van der Waals surface area contributed by atoms with Crippen molar-refractivity contribution in [3.63, 3.8) is 0 Å². The molecular formula is C9H12KN3. The van der Waals surface area contributed by atoms with Crippen LogP contribution in [0.5, 0.6) is 0 Å². The van der Waals surface area contributed by atoms with Crippen molar-refractivity contribution in [1.29, 1.82) is 0 Å². The van der Waals surface area contributed by atoms with Crippen LogP contribution in [0, 0.1) is 6.92 Å². The van der Waals surface area contributed by atoms with Gasteiger partial charge in [0.05, 0.1) is 5.65 Å². The molecule has 0 atom stereocenters. The number of hydrogen-bond acceptors (Lipinski definition) is 2. The molecule has 3 nitrogen and oxygen atoms in total. The van der Waals surface area contributed by atoms with Gasteiger partial charge in [-0.05, 0) is 18.5 Å². The Balaban J connectivity index is 0.000000451. The Morgan fingerprint density at radius 1 is 1.31 bits per heavy atom. The van der Waals surface area contributed by atoms with Crippen molar-refractivity contribution in [2.24, 2.45) is 0 Å². The molecule has 13 heavy (non-hydrogen) atoms. The Morgan fingerprint density at radius 2 is 2.00 bits per heavy atom. The van der Waals surface area contributed by atoms with E-state index in [1.165, 1.54) is 0 Å². The zero-order chi connectivity index (χ0) is 8.97. The molecule has 0 aliphatic heterocycles. The van der Waals surface area contributed by atoms with Crippen LogP contribution in [0.2, 0.25) is 0 Å². The monoisotopic (exact) mass is 201 g/mol. The summed E-state index contributed by atoms with van der Waals surface area (Å²) in [5.74, 6) is 0.786. The number of aromatic nitrogens is 3. The van der Waals surface area contributed by atoms with Gasteiger partial charge in [-0.25, -0.2) is 0 Å². The predicted octanol–water partition coefficient (Wildman–Crippen LogP) is -1.07. The maximum Gasteiger partial charge on any atom is 1.00 e. The molecule has 0 spiro atoms. The minimum absolute atomic E-state index is 0. The molecule has 0 aliphatic carbocycles. The SMILES string of the molecule is CC.Cc1nc2ncccc2[n-]1.[K+]. The first-order chi connectivity index (χ1) is 5.86. The smallest absolute Gasteiger partial charge is 0.439 e. The molecule has 2 heterocycles. The fourth-order valence-corrected chi connectivity index (χ4v) is 0.914. The average Bonchev–Trinajstić information content (AvgIpc) is 2.48. The Bertz CT molecular complexity index is 323. The van der Waals surface area contributed by atoms with Gasteiger partial charge < -0.3 is 9.97 Å². The molecule has 4 heteroatoms. The molecule has 64 valence electrons. The van der Waals surface area contributed by atoms with Gasteiger partial charge >= 0.3 is 51.4 Å². The van der Waals surface area contributed by atoms with E-state index >= 15 is 0 Å². The van der Waals surface area contributed by atoms with Crippen LogP contribution in [0.3, 0.4) is 0 Å². The largest absolute Gasteiger partial charge is 1.00 e. The van der Waals surface area contributed by atoms with Gasteiger partial charge in [0.1, 0.15) is 0 Å². The van der Waals surface area contributed by atoms with Crippen LogP contribution in [0.15, 0.2) is 18.3 Å². The first-order valence-corrected chi connectivity index (χ1v) is 4.08. The fraction of sp³-hybridized carbons (Fsp3) is 0.333. The standard InChI is InChI=1S/C7H6N3.C2H6.K/c1-5-9-6-3-2-4-8-7(6)10-5;1-2;/h2-4H,1H3;1-2H3;/q-1;;+1. The van der Waals surface area contributed by atoms with Crippen LogP contribution in [0.25, 0.3) is 11.2 Å². The van der Waals surface area contributed by atoms with Gasteiger partial charge in [-0.1, -0.05) is 25.7 Å². The van der Waals surface area contributed by atoms with Crippen molar-refractivity contribution in [1.82, 2.24) is 15.0 Å². The molecule has 0 saturated carbocycles. The summed E-state index contributed by atoms with van der Waals surface area (Å²) in [4.78, 5) is 12.3. The van der Waals surface area contributed by atoms with Gasteiger partial charge in [0.15, 0.2) is 0 Å². The number of pyridine rings is 1. The topological polar surface area (TPSA) is 39.9 Å². The van der Waals surface area contributed by atoms with Gasteiger partial charge in [0, 0.05) is 6.20 Å². The van der Waals surface area contributed by atoms with E-state index in [2.05, 4.69) is 15.0 Å². The molecule has 2 aromatic heterocycles. The van der Waals surface area contributed by atoms with Gasteiger partial charge in [-0.15, -0.1) is 0 Å². The molecular weight excluding hydrogens is 189 g/mol. The summed E-state index contributed by atoms with van der Waals surface area (Å²) in [5, 5.41) is 0. The minimum atomic E-state index is 0. The van der Waals surface area contributed by atoms with Crippen molar-refractivity contribution in [3.8, 4) is 0 Å². The number of aryl methyl sites for hydroxylation is 1. The third-order valence-corrected chi connectivity index (χ3v) is 1.32. The van der Waals surface area contributed by atoms with Crippen molar-refractivity contribution in [2.45, 2.75) is 20.8 Å². The summed E-state index contributed by atoms with van der Waals surface area (Å²) in [5.41, 5.74) is 1.61. The van der Waals surface area contributed by atoms with Crippen LogP contribution < -0.4 is 56.4 Å². The van der Waals surface area contributed by atoms with Gasteiger partial charge in [-0.2, -0.15) is 0 Å². The zero-order valence-electron chi connectivity index (χ0n) is 8.57. The molecule has 0 amide bonds. The van der Waals surface area contributed by atoms with Crippen molar-refractivity contribution < 1.29 is 51.4 Å². The third kappa shape index (κ3) is 3.48. The molecule has 0 aromatic carbocycles. The Morgan fingerprint density at radius 3 is 2.62 bits per heavy atom. The van der Waals surface area contributed by atoms with E-state index in [4.69, 9.17) is 0 Å². The molecule has 0 radical (unpaired) electrons. The van der Waals surface area contributed by atoms with Crippen LogP contribution in [0.4, 0.5) is 0 Å². The predicted molar refractivity (Wildman–Crippen MR) is 48.9 cm³/mol. The van der Waals surface area contributed by atoms with E-state index in [1.807, 2.05) is 32.9 Å². The summed E-state index contributed by atoms with van der Waals surface area (Å²) in [6.07, 6.45) is 1.72. The Labute approximate surface area is 121 Å².